The number of carboxylic acids is 1. The van der Waals surface area contributed by atoms with Gasteiger partial charge < -0.3 is 19.6 Å². The number of nitrogens with zero attached hydrogens (tertiary/aromatic N) is 2. The summed E-state index contributed by atoms with van der Waals surface area (Å²) in [5, 5.41) is 9.51. The Morgan fingerprint density at radius 2 is 2.10 bits per heavy atom. The average molecular weight is 300 g/mol. The lowest BCUT2D eigenvalue weighted by atomic mass is 9.78. The fourth-order valence-electron chi connectivity index (χ4n) is 2.86. The van der Waals surface area contributed by atoms with Gasteiger partial charge in [0.25, 0.3) is 0 Å². The highest BCUT2D eigenvalue weighted by atomic mass is 16.5. The molecule has 0 spiro atoms. The molecule has 6 nitrogen and oxygen atoms in total. The van der Waals surface area contributed by atoms with Crippen LogP contribution < -0.4 is 0 Å². The molecule has 1 atom stereocenters. The number of rotatable bonds is 6. The van der Waals surface area contributed by atoms with Crippen LogP contribution in [0.5, 0.6) is 0 Å². The van der Waals surface area contributed by atoms with Crippen LogP contribution in [0.1, 0.15) is 40.0 Å². The first kappa shape index (κ1) is 17.8. The van der Waals surface area contributed by atoms with E-state index >= 15 is 0 Å². The van der Waals surface area contributed by atoms with Gasteiger partial charge in [-0.15, -0.1) is 0 Å². The molecule has 0 saturated carbocycles. The highest BCUT2D eigenvalue weighted by molar-refractivity contribution is 5.79. The number of carbonyl (C=O) groups excluding carboxylic acids is 1. The maximum atomic E-state index is 12.7. The van der Waals surface area contributed by atoms with E-state index in [1.165, 1.54) is 0 Å². The summed E-state index contributed by atoms with van der Waals surface area (Å²) in [6.07, 6.45) is 1.93. The van der Waals surface area contributed by atoms with Crippen molar-refractivity contribution in [2.45, 2.75) is 46.1 Å². The molecule has 0 bridgehead atoms. The summed E-state index contributed by atoms with van der Waals surface area (Å²) < 4.78 is 5.05. The van der Waals surface area contributed by atoms with Crippen molar-refractivity contribution in [3.8, 4) is 0 Å². The normalized spacial score (nSPS) is 22.4. The number of piperidine rings is 1. The van der Waals surface area contributed by atoms with Crippen LogP contribution in [0.15, 0.2) is 0 Å². The lowest BCUT2D eigenvalue weighted by Gasteiger charge is -2.42. The Balaban J connectivity index is 2.82. The Labute approximate surface area is 127 Å². The van der Waals surface area contributed by atoms with E-state index < -0.39 is 11.4 Å². The zero-order valence-electron chi connectivity index (χ0n) is 13.6. The molecule has 0 aromatic carbocycles. The number of carbonyl (C=O) groups is 2. The molecule has 122 valence electrons. The fourth-order valence-corrected chi connectivity index (χ4v) is 2.86. The number of methoxy groups -OCH3 is 1. The van der Waals surface area contributed by atoms with Crippen molar-refractivity contribution in [3.05, 3.63) is 0 Å². The largest absolute Gasteiger partial charge is 0.481 e. The van der Waals surface area contributed by atoms with Gasteiger partial charge in [0.2, 0.25) is 0 Å². The fraction of sp³-hybridized carbons (Fsp3) is 0.867. The van der Waals surface area contributed by atoms with Crippen LogP contribution in [-0.2, 0) is 9.53 Å². The van der Waals surface area contributed by atoms with Crippen LogP contribution in [-0.4, -0.2) is 66.3 Å². The minimum Gasteiger partial charge on any atom is -0.481 e. The van der Waals surface area contributed by atoms with Crippen molar-refractivity contribution in [3.63, 3.8) is 0 Å². The van der Waals surface area contributed by atoms with E-state index in [9.17, 15) is 14.7 Å². The molecular weight excluding hydrogens is 272 g/mol. The second kappa shape index (κ2) is 7.64. The summed E-state index contributed by atoms with van der Waals surface area (Å²) in [6.45, 7) is 7.74. The smallest absolute Gasteiger partial charge is 0.320 e. The second-order valence-electron chi connectivity index (χ2n) is 6.03. The molecule has 2 amide bonds. The number of likely N-dealkylation sites (tertiary alicyclic amines) is 1. The first-order valence-electron chi connectivity index (χ1n) is 7.66. The molecule has 0 aliphatic carbocycles. The molecule has 1 aliphatic heterocycles. The van der Waals surface area contributed by atoms with Crippen molar-refractivity contribution in [1.29, 1.82) is 0 Å². The van der Waals surface area contributed by atoms with Gasteiger partial charge in [-0.05, 0) is 33.1 Å². The van der Waals surface area contributed by atoms with Crippen molar-refractivity contribution < 1.29 is 19.4 Å². The van der Waals surface area contributed by atoms with Gasteiger partial charge in [0.1, 0.15) is 0 Å². The van der Waals surface area contributed by atoms with Crippen LogP contribution in [0.4, 0.5) is 4.79 Å². The van der Waals surface area contributed by atoms with Crippen molar-refractivity contribution in [2.75, 3.05) is 33.4 Å². The topological polar surface area (TPSA) is 70.1 Å². The number of hydrogen-bond acceptors (Lipinski definition) is 3. The summed E-state index contributed by atoms with van der Waals surface area (Å²) in [7, 11) is 1.61. The van der Waals surface area contributed by atoms with E-state index in [1.807, 2.05) is 20.8 Å². The summed E-state index contributed by atoms with van der Waals surface area (Å²) in [6, 6.07) is -0.0174. The quantitative estimate of drug-likeness (QED) is 0.815. The Morgan fingerprint density at radius 3 is 2.57 bits per heavy atom. The van der Waals surface area contributed by atoms with Gasteiger partial charge >= 0.3 is 12.0 Å². The SMILES string of the molecule is CCC1(C(=O)O)CCCN(C(=O)N(CCOC)C(C)C)C1. The summed E-state index contributed by atoms with van der Waals surface area (Å²) >= 11 is 0. The monoisotopic (exact) mass is 300 g/mol. The van der Waals surface area contributed by atoms with Crippen molar-refractivity contribution >= 4 is 12.0 Å². The van der Waals surface area contributed by atoms with Crippen LogP contribution >= 0.6 is 0 Å². The molecule has 1 N–H and O–H groups in total. The number of amides is 2. The van der Waals surface area contributed by atoms with Crippen LogP contribution in [0.2, 0.25) is 0 Å². The zero-order chi connectivity index (χ0) is 16.0. The highest BCUT2D eigenvalue weighted by Gasteiger charge is 2.43. The molecule has 1 heterocycles. The molecular formula is C15H28N2O4. The molecule has 21 heavy (non-hydrogen) atoms. The average Bonchev–Trinajstić information content (AvgIpc) is 2.46. The molecule has 1 rings (SSSR count). The molecule has 6 heteroatoms. The van der Waals surface area contributed by atoms with Gasteiger partial charge in [-0.1, -0.05) is 6.92 Å². The molecule has 1 aliphatic rings. The van der Waals surface area contributed by atoms with Gasteiger partial charge in [-0.25, -0.2) is 4.79 Å². The minimum absolute atomic E-state index is 0.0652. The third kappa shape index (κ3) is 4.09. The van der Waals surface area contributed by atoms with Crippen molar-refractivity contribution in [1.82, 2.24) is 9.80 Å². The van der Waals surface area contributed by atoms with Crippen molar-refractivity contribution in [2.24, 2.45) is 5.41 Å². The maximum Gasteiger partial charge on any atom is 0.320 e. The Bertz CT molecular complexity index is 373. The number of aliphatic carboxylic acids is 1. The summed E-state index contributed by atoms with van der Waals surface area (Å²) in [5.41, 5.74) is -0.794. The Kier molecular flexibility index (Phi) is 6.45. The van der Waals surface area contributed by atoms with E-state index in [-0.39, 0.29) is 12.1 Å². The first-order valence-corrected chi connectivity index (χ1v) is 7.66. The van der Waals surface area contributed by atoms with Gasteiger partial charge in [-0.2, -0.15) is 0 Å². The van der Waals surface area contributed by atoms with Gasteiger partial charge in [-0.3, -0.25) is 4.79 Å². The van der Waals surface area contributed by atoms with Crippen LogP contribution in [0, 0.1) is 5.41 Å². The molecule has 1 fully saturated rings. The Morgan fingerprint density at radius 1 is 1.43 bits per heavy atom. The van der Waals surface area contributed by atoms with Gasteiger partial charge in [0.05, 0.1) is 12.0 Å². The molecule has 0 aromatic rings. The third-order valence-corrected chi connectivity index (χ3v) is 4.38. The summed E-state index contributed by atoms with van der Waals surface area (Å²) in [4.78, 5) is 27.7. The minimum atomic E-state index is -0.796. The van der Waals surface area contributed by atoms with Gasteiger partial charge in [0, 0.05) is 32.8 Å². The van der Waals surface area contributed by atoms with E-state index in [0.29, 0.717) is 39.1 Å². The van der Waals surface area contributed by atoms with E-state index in [4.69, 9.17) is 4.74 Å². The van der Waals surface area contributed by atoms with E-state index in [2.05, 4.69) is 0 Å². The van der Waals surface area contributed by atoms with Gasteiger partial charge in [0.15, 0.2) is 0 Å². The molecule has 0 radical (unpaired) electrons. The molecule has 0 aromatic heterocycles. The first-order chi connectivity index (χ1) is 9.88. The number of carboxylic acid groups (broad SMARTS) is 1. The third-order valence-electron chi connectivity index (χ3n) is 4.38. The number of urea groups is 1. The lowest BCUT2D eigenvalue weighted by molar-refractivity contribution is -0.152. The zero-order valence-corrected chi connectivity index (χ0v) is 13.6. The summed E-state index contributed by atoms with van der Waals surface area (Å²) in [5.74, 6) is -0.796. The van der Waals surface area contributed by atoms with Crippen LogP contribution in [0.25, 0.3) is 0 Å². The molecule has 1 unspecified atom stereocenters. The number of ether oxygens (including phenoxy) is 1. The standard InChI is InChI=1S/C15H28N2O4/c1-5-15(13(18)19)7-6-8-16(11-15)14(20)17(12(2)3)9-10-21-4/h12H,5-11H2,1-4H3,(H,18,19). The maximum absolute atomic E-state index is 12.7. The van der Waals surface area contributed by atoms with E-state index in [0.717, 1.165) is 6.42 Å². The Hall–Kier alpha value is -1.30. The van der Waals surface area contributed by atoms with Crippen LogP contribution in [0.3, 0.4) is 0 Å². The second-order valence-corrected chi connectivity index (χ2v) is 6.03. The predicted octanol–water partition coefficient (Wildman–Crippen LogP) is 2.04. The molecule has 1 saturated heterocycles. The van der Waals surface area contributed by atoms with E-state index in [1.54, 1.807) is 16.9 Å². The lowest BCUT2D eigenvalue weighted by Crippen LogP contribution is -2.55. The highest BCUT2D eigenvalue weighted by Crippen LogP contribution is 2.34. The predicted molar refractivity (Wildman–Crippen MR) is 80.3 cm³/mol. The number of hydrogen-bond donors (Lipinski definition) is 1.